The predicted molar refractivity (Wildman–Crippen MR) is 82.1 cm³/mol. The van der Waals surface area contributed by atoms with E-state index in [-0.39, 0.29) is 10.9 Å². The van der Waals surface area contributed by atoms with Crippen molar-refractivity contribution in [3.8, 4) is 11.1 Å². The highest BCUT2D eigenvalue weighted by Crippen LogP contribution is 2.28. The molecule has 0 aromatic heterocycles. The van der Waals surface area contributed by atoms with Crippen LogP contribution in [0.5, 0.6) is 0 Å². The van der Waals surface area contributed by atoms with Gasteiger partial charge in [0.05, 0.1) is 11.3 Å². The molecule has 0 spiro atoms. The van der Waals surface area contributed by atoms with E-state index in [2.05, 4.69) is 5.32 Å². The van der Waals surface area contributed by atoms with Crippen molar-refractivity contribution in [3.63, 3.8) is 0 Å². The van der Waals surface area contributed by atoms with Gasteiger partial charge in [0.1, 0.15) is 0 Å². The van der Waals surface area contributed by atoms with Gasteiger partial charge in [-0.1, -0.05) is 31.0 Å². The minimum absolute atomic E-state index is 0.351. The lowest BCUT2D eigenvalue weighted by atomic mass is 9.95. The molecule has 3 nitrogen and oxygen atoms in total. The summed E-state index contributed by atoms with van der Waals surface area (Å²) in [5.74, 6) is 0. The van der Waals surface area contributed by atoms with Crippen molar-refractivity contribution >= 4 is 5.69 Å². The summed E-state index contributed by atoms with van der Waals surface area (Å²) in [6, 6.07) is 6.27. The quantitative estimate of drug-likeness (QED) is 0.871. The smallest absolute Gasteiger partial charge is 0.250 e. The molecule has 0 unspecified atom stereocenters. The summed E-state index contributed by atoms with van der Waals surface area (Å²) in [6.07, 6.45) is 4.58. The summed E-state index contributed by atoms with van der Waals surface area (Å²) < 4.78 is 0. The molecule has 0 bridgehead atoms. The third-order valence-corrected chi connectivity index (χ3v) is 4.41. The number of rotatable bonds is 3. The van der Waals surface area contributed by atoms with Crippen molar-refractivity contribution in [3.05, 3.63) is 49.8 Å². The van der Waals surface area contributed by atoms with Gasteiger partial charge < -0.3 is 5.32 Å². The van der Waals surface area contributed by atoms with Gasteiger partial charge in [0.15, 0.2) is 0 Å². The topological polar surface area (TPSA) is 46.2 Å². The molecular weight excluding hydrogens is 250 g/mol. The molecule has 20 heavy (non-hydrogen) atoms. The van der Waals surface area contributed by atoms with Crippen molar-refractivity contribution in [2.75, 3.05) is 5.32 Å². The first-order valence-electron chi connectivity index (χ1n) is 7.25. The van der Waals surface area contributed by atoms with Crippen LogP contribution in [0.2, 0.25) is 0 Å². The molecule has 0 saturated heterocycles. The van der Waals surface area contributed by atoms with Crippen molar-refractivity contribution in [1.29, 1.82) is 0 Å². The Kier molecular flexibility index (Phi) is 3.20. The monoisotopic (exact) mass is 269 g/mol. The molecule has 1 aliphatic rings. The Hall–Kier alpha value is -1.90. The van der Waals surface area contributed by atoms with Gasteiger partial charge in [-0.15, -0.1) is 0 Å². The van der Waals surface area contributed by atoms with E-state index in [0.717, 1.165) is 24.0 Å². The maximum Gasteiger partial charge on any atom is 0.250 e. The Bertz CT molecular complexity index is 717. The first kappa shape index (κ1) is 13.1. The first-order valence-corrected chi connectivity index (χ1v) is 7.25. The number of aryl methyl sites for hydroxylation is 2. The standard InChI is InChI=1S/C17H19NO2/c1-10-7-8-12(9-11(10)2)14-15(17(20)16(14)19)18-13-5-3-4-6-13/h7-9,13,18H,3-6H2,1-2H3. The molecule has 3 rings (SSSR count). The molecule has 1 saturated carbocycles. The number of anilines is 1. The van der Waals surface area contributed by atoms with Gasteiger partial charge in [-0.2, -0.15) is 0 Å². The molecule has 3 heteroatoms. The lowest BCUT2D eigenvalue weighted by Crippen LogP contribution is -2.38. The highest BCUT2D eigenvalue weighted by Gasteiger charge is 2.25. The molecule has 0 radical (unpaired) electrons. The SMILES string of the molecule is Cc1ccc(-c2c(NC3CCCC3)c(=O)c2=O)cc1C. The van der Waals surface area contributed by atoms with Gasteiger partial charge in [0.25, 0.3) is 0 Å². The molecule has 1 fully saturated rings. The van der Waals surface area contributed by atoms with Gasteiger partial charge >= 0.3 is 0 Å². The second-order valence-corrected chi connectivity index (χ2v) is 5.83. The fraction of sp³-hybridized carbons (Fsp3) is 0.412. The van der Waals surface area contributed by atoms with Gasteiger partial charge in [-0.25, -0.2) is 0 Å². The van der Waals surface area contributed by atoms with E-state index in [0.29, 0.717) is 17.3 Å². The van der Waals surface area contributed by atoms with Crippen molar-refractivity contribution in [2.24, 2.45) is 0 Å². The first-order chi connectivity index (χ1) is 9.58. The van der Waals surface area contributed by atoms with Gasteiger partial charge in [-0.3, -0.25) is 9.59 Å². The van der Waals surface area contributed by atoms with Crippen molar-refractivity contribution in [1.82, 2.24) is 0 Å². The number of nitrogens with one attached hydrogen (secondary N) is 1. The Morgan fingerprint density at radius 2 is 1.70 bits per heavy atom. The summed E-state index contributed by atoms with van der Waals surface area (Å²) in [4.78, 5) is 23.7. The molecular formula is C17H19NO2. The van der Waals surface area contributed by atoms with E-state index in [1.807, 2.05) is 32.0 Å². The van der Waals surface area contributed by atoms with Crippen LogP contribution in [0.4, 0.5) is 5.69 Å². The predicted octanol–water partition coefficient (Wildman–Crippen LogP) is 2.92. The third-order valence-electron chi connectivity index (χ3n) is 4.41. The highest BCUT2D eigenvalue weighted by atomic mass is 16.2. The number of hydrogen-bond donors (Lipinski definition) is 1. The molecule has 1 N–H and O–H groups in total. The Labute approximate surface area is 118 Å². The van der Waals surface area contributed by atoms with Gasteiger partial charge in [0.2, 0.25) is 10.9 Å². The molecule has 0 atom stereocenters. The lowest BCUT2D eigenvalue weighted by molar-refractivity contribution is 0.753. The van der Waals surface area contributed by atoms with Crippen LogP contribution in [0.25, 0.3) is 11.1 Å². The van der Waals surface area contributed by atoms with E-state index in [4.69, 9.17) is 0 Å². The summed E-state index contributed by atoms with van der Waals surface area (Å²) in [5, 5.41) is 3.29. The Balaban J connectivity index is 1.97. The number of benzene rings is 1. The zero-order chi connectivity index (χ0) is 14.3. The second-order valence-electron chi connectivity index (χ2n) is 5.83. The maximum atomic E-state index is 11.9. The van der Waals surface area contributed by atoms with Crippen LogP contribution in [0.15, 0.2) is 27.8 Å². The van der Waals surface area contributed by atoms with E-state index in [1.54, 1.807) is 0 Å². The average Bonchev–Trinajstić information content (AvgIpc) is 2.95. The molecule has 2 aromatic rings. The molecule has 104 valence electrons. The zero-order valence-corrected chi connectivity index (χ0v) is 12.0. The van der Waals surface area contributed by atoms with Gasteiger partial charge in [0, 0.05) is 6.04 Å². The van der Waals surface area contributed by atoms with E-state index >= 15 is 0 Å². The van der Waals surface area contributed by atoms with Crippen LogP contribution >= 0.6 is 0 Å². The van der Waals surface area contributed by atoms with E-state index < -0.39 is 0 Å². The lowest BCUT2D eigenvalue weighted by Gasteiger charge is -2.18. The average molecular weight is 269 g/mol. The van der Waals surface area contributed by atoms with Crippen molar-refractivity contribution < 1.29 is 0 Å². The summed E-state index contributed by atoms with van der Waals surface area (Å²) in [5.41, 5.74) is 3.59. The van der Waals surface area contributed by atoms with Crippen LogP contribution in [0, 0.1) is 13.8 Å². The van der Waals surface area contributed by atoms with Crippen LogP contribution in [0.3, 0.4) is 0 Å². The largest absolute Gasteiger partial charge is 0.378 e. The minimum Gasteiger partial charge on any atom is -0.378 e. The summed E-state index contributed by atoms with van der Waals surface area (Å²) in [7, 11) is 0. The normalized spacial score (nSPS) is 15.9. The fourth-order valence-corrected chi connectivity index (χ4v) is 2.98. The highest BCUT2D eigenvalue weighted by molar-refractivity contribution is 5.82. The van der Waals surface area contributed by atoms with Crippen LogP contribution in [0.1, 0.15) is 36.8 Å². The third kappa shape index (κ3) is 2.07. The molecule has 2 aromatic carbocycles. The van der Waals surface area contributed by atoms with Crippen molar-refractivity contribution in [2.45, 2.75) is 45.6 Å². The summed E-state index contributed by atoms with van der Waals surface area (Å²) in [6.45, 7) is 4.06. The minimum atomic E-state index is -0.356. The van der Waals surface area contributed by atoms with Crippen LogP contribution in [-0.4, -0.2) is 6.04 Å². The number of hydrogen-bond acceptors (Lipinski definition) is 3. The fourth-order valence-electron chi connectivity index (χ4n) is 2.98. The van der Waals surface area contributed by atoms with Gasteiger partial charge in [-0.05, 0) is 43.4 Å². The molecule has 0 aliphatic heterocycles. The molecule has 0 amide bonds. The zero-order valence-electron chi connectivity index (χ0n) is 12.0. The Morgan fingerprint density at radius 3 is 2.35 bits per heavy atom. The van der Waals surface area contributed by atoms with Crippen LogP contribution < -0.4 is 16.2 Å². The van der Waals surface area contributed by atoms with E-state index in [9.17, 15) is 9.59 Å². The van der Waals surface area contributed by atoms with E-state index in [1.165, 1.54) is 18.4 Å². The van der Waals surface area contributed by atoms with Crippen LogP contribution in [-0.2, 0) is 0 Å². The Morgan fingerprint density at radius 1 is 1.00 bits per heavy atom. The molecule has 1 aliphatic carbocycles. The summed E-state index contributed by atoms with van der Waals surface area (Å²) >= 11 is 0. The molecule has 0 heterocycles. The second kappa shape index (κ2) is 4.89. The maximum absolute atomic E-state index is 11.9.